The molecule has 3 rings (SSSR count). The van der Waals surface area contributed by atoms with E-state index in [9.17, 15) is 0 Å². The van der Waals surface area contributed by atoms with Crippen LogP contribution in [0.2, 0.25) is 0 Å². The van der Waals surface area contributed by atoms with Crippen molar-refractivity contribution in [2.45, 2.75) is 53.4 Å². The van der Waals surface area contributed by atoms with E-state index in [2.05, 4.69) is 39.7 Å². The Kier molecular flexibility index (Phi) is 5.52. The van der Waals surface area contributed by atoms with E-state index < -0.39 is 0 Å². The number of aromatic nitrogens is 4. The summed E-state index contributed by atoms with van der Waals surface area (Å²) in [5, 5.41) is 5.72. The normalized spacial score (nSPS) is 11.3. The first-order chi connectivity index (χ1) is 12.9. The van der Waals surface area contributed by atoms with E-state index in [1.807, 2.05) is 23.4 Å². The van der Waals surface area contributed by atoms with Crippen molar-refractivity contribution in [2.75, 3.05) is 18.5 Å². The molecule has 0 saturated carbocycles. The average Bonchev–Trinajstić information content (AvgIpc) is 3.15. The van der Waals surface area contributed by atoms with Crippen LogP contribution in [-0.4, -0.2) is 33.2 Å². The number of nitrogens with zero attached hydrogens (tertiary/aromatic N) is 5. The lowest BCUT2D eigenvalue weighted by molar-refractivity contribution is 0.638. The Morgan fingerprint density at radius 3 is 2.52 bits per heavy atom. The second kappa shape index (κ2) is 7.69. The maximum atomic E-state index is 5.45. The Balaban J connectivity index is 2.22. The number of aryl methyl sites for hydroxylation is 3. The van der Waals surface area contributed by atoms with Crippen LogP contribution in [0.3, 0.4) is 0 Å². The van der Waals surface area contributed by atoms with Crippen molar-refractivity contribution in [3.8, 4) is 22.9 Å². The Morgan fingerprint density at radius 1 is 1.19 bits per heavy atom. The van der Waals surface area contributed by atoms with Gasteiger partial charge in [-0.2, -0.15) is 5.10 Å². The summed E-state index contributed by atoms with van der Waals surface area (Å²) in [5.41, 5.74) is 6.27. The number of anilines is 1. The van der Waals surface area contributed by atoms with Crippen LogP contribution in [0.4, 0.5) is 5.13 Å². The highest BCUT2D eigenvalue weighted by molar-refractivity contribution is 7.19. The Bertz CT molecular complexity index is 1000. The van der Waals surface area contributed by atoms with Gasteiger partial charge in [0.15, 0.2) is 10.8 Å². The second-order valence-corrected chi connectivity index (χ2v) is 7.98. The van der Waals surface area contributed by atoms with Crippen molar-refractivity contribution in [3.05, 3.63) is 28.7 Å². The van der Waals surface area contributed by atoms with Crippen LogP contribution < -0.4 is 4.90 Å². The minimum atomic E-state index is 0.490. The molecule has 0 aliphatic carbocycles. The zero-order valence-corrected chi connectivity index (χ0v) is 17.8. The summed E-state index contributed by atoms with van der Waals surface area (Å²) in [4.78, 5) is 12.7. The maximum absolute atomic E-state index is 5.45. The van der Waals surface area contributed by atoms with E-state index in [-0.39, 0.29) is 0 Å². The van der Waals surface area contributed by atoms with Gasteiger partial charge in [0.05, 0.1) is 28.5 Å². The van der Waals surface area contributed by atoms with Gasteiger partial charge in [-0.1, -0.05) is 31.1 Å². The van der Waals surface area contributed by atoms with Crippen molar-refractivity contribution < 1.29 is 0 Å². The summed E-state index contributed by atoms with van der Waals surface area (Å²) in [6, 6.07) is 2.19. The fourth-order valence-corrected chi connectivity index (χ4v) is 4.65. The molecule has 0 unspecified atom stereocenters. The molecule has 142 valence electrons. The molecular formula is C21H27N5S. The third-order valence-electron chi connectivity index (χ3n) is 4.99. The number of hydrogen-bond donors (Lipinski definition) is 0. The van der Waals surface area contributed by atoms with Crippen molar-refractivity contribution in [1.82, 2.24) is 19.6 Å². The SMILES string of the molecule is C#CCN(C)c1nc(C)c(-c2c(C)nc3c(C(CC)CC)cc(C)nn23)s1. The van der Waals surface area contributed by atoms with Crippen molar-refractivity contribution >= 4 is 22.1 Å². The zero-order chi connectivity index (χ0) is 19.7. The quantitative estimate of drug-likeness (QED) is 0.578. The number of rotatable bonds is 6. The summed E-state index contributed by atoms with van der Waals surface area (Å²) in [5.74, 6) is 3.16. The van der Waals surface area contributed by atoms with Gasteiger partial charge in [-0.3, -0.25) is 0 Å². The average molecular weight is 382 g/mol. The summed E-state index contributed by atoms with van der Waals surface area (Å²) in [6.45, 7) is 11.1. The molecule has 0 fully saturated rings. The van der Waals surface area contributed by atoms with E-state index in [1.165, 1.54) is 5.56 Å². The minimum absolute atomic E-state index is 0.490. The number of terminal acetylenes is 1. The van der Waals surface area contributed by atoms with Gasteiger partial charge < -0.3 is 4.90 Å². The lowest BCUT2D eigenvalue weighted by Crippen LogP contribution is -2.16. The second-order valence-electron chi connectivity index (χ2n) is 7.01. The van der Waals surface area contributed by atoms with Crippen molar-refractivity contribution in [2.24, 2.45) is 0 Å². The van der Waals surface area contributed by atoms with Crippen LogP contribution in [0.1, 0.15) is 55.3 Å². The zero-order valence-electron chi connectivity index (χ0n) is 17.0. The van der Waals surface area contributed by atoms with Crippen LogP contribution in [0.25, 0.3) is 16.2 Å². The van der Waals surface area contributed by atoms with E-state index in [0.29, 0.717) is 12.5 Å². The predicted octanol–water partition coefficient (Wildman–Crippen LogP) is 4.75. The third kappa shape index (κ3) is 3.44. The monoisotopic (exact) mass is 381 g/mol. The van der Waals surface area contributed by atoms with Crippen LogP contribution in [0, 0.1) is 33.1 Å². The molecule has 3 heterocycles. The van der Waals surface area contributed by atoms with E-state index >= 15 is 0 Å². The highest BCUT2D eigenvalue weighted by atomic mass is 32.1. The highest BCUT2D eigenvalue weighted by Crippen LogP contribution is 2.37. The molecule has 0 N–H and O–H groups in total. The molecule has 0 atom stereocenters. The molecule has 6 heteroatoms. The third-order valence-corrected chi connectivity index (χ3v) is 6.27. The maximum Gasteiger partial charge on any atom is 0.186 e. The smallest absolute Gasteiger partial charge is 0.186 e. The van der Waals surface area contributed by atoms with Gasteiger partial charge in [0, 0.05) is 12.6 Å². The molecule has 0 saturated heterocycles. The first-order valence-corrected chi connectivity index (χ1v) is 10.2. The summed E-state index contributed by atoms with van der Waals surface area (Å²) in [6.07, 6.45) is 7.64. The number of hydrogen-bond acceptors (Lipinski definition) is 5. The lowest BCUT2D eigenvalue weighted by atomic mass is 9.95. The van der Waals surface area contributed by atoms with E-state index in [0.717, 1.165) is 51.3 Å². The number of imidazole rings is 1. The fourth-order valence-electron chi connectivity index (χ4n) is 3.54. The van der Waals surface area contributed by atoms with Gasteiger partial charge in [0.2, 0.25) is 0 Å². The molecule has 0 aromatic carbocycles. The topological polar surface area (TPSA) is 46.3 Å². The standard InChI is InChI=1S/C21H27N5S/c1-8-11-25(7)21-23-15(6)19(27-21)18-14(5)22-20-17(16(9-2)10-3)12-13(4)24-26(18)20/h1,12,16H,9-11H2,2-7H3. The molecule has 0 bridgehead atoms. The molecule has 0 aliphatic heterocycles. The van der Waals surface area contributed by atoms with Crippen molar-refractivity contribution in [3.63, 3.8) is 0 Å². The van der Waals surface area contributed by atoms with Gasteiger partial charge in [-0.25, -0.2) is 14.5 Å². The van der Waals surface area contributed by atoms with Crippen LogP contribution in [0.15, 0.2) is 6.07 Å². The fraction of sp³-hybridized carbons (Fsp3) is 0.476. The lowest BCUT2D eigenvalue weighted by Gasteiger charge is -2.14. The van der Waals surface area contributed by atoms with Gasteiger partial charge in [0.1, 0.15) is 5.69 Å². The molecular weight excluding hydrogens is 354 g/mol. The van der Waals surface area contributed by atoms with E-state index in [1.54, 1.807) is 11.3 Å². The molecule has 0 spiro atoms. The minimum Gasteiger partial charge on any atom is -0.340 e. The molecule has 0 aliphatic rings. The largest absolute Gasteiger partial charge is 0.340 e. The summed E-state index contributed by atoms with van der Waals surface area (Å²) in [7, 11) is 1.97. The van der Waals surface area contributed by atoms with Crippen LogP contribution >= 0.6 is 11.3 Å². The molecule has 0 radical (unpaired) electrons. The first kappa shape index (κ1) is 19.4. The van der Waals surface area contributed by atoms with E-state index in [4.69, 9.17) is 21.5 Å². The molecule has 3 aromatic heterocycles. The van der Waals surface area contributed by atoms with Gasteiger partial charge in [-0.05, 0) is 45.6 Å². The van der Waals surface area contributed by atoms with Crippen LogP contribution in [-0.2, 0) is 0 Å². The number of thiazole rings is 1. The van der Waals surface area contributed by atoms with Gasteiger partial charge in [-0.15, -0.1) is 6.42 Å². The Labute approximate surface area is 165 Å². The Hall–Kier alpha value is -2.39. The predicted molar refractivity (Wildman–Crippen MR) is 114 cm³/mol. The Morgan fingerprint density at radius 2 is 1.89 bits per heavy atom. The number of fused-ring (bicyclic) bond motifs is 1. The molecule has 27 heavy (non-hydrogen) atoms. The molecule has 5 nitrogen and oxygen atoms in total. The molecule has 0 amide bonds. The van der Waals surface area contributed by atoms with Gasteiger partial charge >= 0.3 is 0 Å². The molecule has 3 aromatic rings. The summed E-state index contributed by atoms with van der Waals surface area (Å²) < 4.78 is 2.02. The first-order valence-electron chi connectivity index (χ1n) is 9.40. The van der Waals surface area contributed by atoms with Crippen LogP contribution in [0.5, 0.6) is 0 Å². The summed E-state index contributed by atoms with van der Waals surface area (Å²) >= 11 is 1.64. The highest BCUT2D eigenvalue weighted by Gasteiger charge is 2.23. The van der Waals surface area contributed by atoms with Gasteiger partial charge in [0.25, 0.3) is 0 Å². The van der Waals surface area contributed by atoms with Crippen molar-refractivity contribution in [1.29, 1.82) is 0 Å².